The summed E-state index contributed by atoms with van der Waals surface area (Å²) in [5.41, 5.74) is 3.54. The van der Waals surface area contributed by atoms with Crippen molar-refractivity contribution in [2.45, 2.75) is 25.2 Å². The van der Waals surface area contributed by atoms with E-state index in [1.165, 1.54) is 12.1 Å². The first-order valence-electron chi connectivity index (χ1n) is 11.1. The van der Waals surface area contributed by atoms with E-state index in [0.29, 0.717) is 24.3 Å². The molecule has 1 fully saturated rings. The molecule has 0 bridgehead atoms. The number of carbonyl (C=O) groups is 1. The van der Waals surface area contributed by atoms with Crippen LogP contribution >= 0.6 is 0 Å². The molecule has 5 rings (SSSR count). The summed E-state index contributed by atoms with van der Waals surface area (Å²) in [4.78, 5) is 24.3. The molecule has 1 unspecified atom stereocenters. The number of likely N-dealkylation sites (tertiary alicyclic amines) is 1. The second-order valence-corrected chi connectivity index (χ2v) is 8.30. The molecule has 1 aromatic carbocycles. The van der Waals surface area contributed by atoms with Crippen LogP contribution in [-0.4, -0.2) is 43.6 Å². The van der Waals surface area contributed by atoms with Gasteiger partial charge >= 0.3 is 0 Å². The molecule has 1 amide bonds. The third-order valence-electron chi connectivity index (χ3n) is 5.99. The Labute approximate surface area is 191 Å². The molecule has 6 nitrogen and oxygen atoms in total. The van der Waals surface area contributed by atoms with Crippen LogP contribution in [-0.2, 0) is 6.42 Å². The standard InChI is InChI=1S/C26H24FN5O/c27-22-10-7-19(8-11-22)16-23-5-1-6-24(30-23)21-4-2-14-31(18-21)26(33)20-9-12-25(28-17-20)32-15-3-13-29-32/h1,3,5-13,15,17,21H,2,4,14,16,18H2. The maximum absolute atomic E-state index is 13.2. The molecule has 33 heavy (non-hydrogen) atoms. The zero-order valence-corrected chi connectivity index (χ0v) is 18.1. The molecule has 3 aromatic heterocycles. The van der Waals surface area contributed by atoms with E-state index >= 15 is 0 Å². The highest BCUT2D eigenvalue weighted by atomic mass is 19.1. The van der Waals surface area contributed by atoms with Gasteiger partial charge < -0.3 is 4.90 Å². The summed E-state index contributed by atoms with van der Waals surface area (Å²) in [6, 6.07) is 18.0. The lowest BCUT2D eigenvalue weighted by molar-refractivity contribution is 0.0705. The molecule has 0 N–H and O–H groups in total. The first-order chi connectivity index (χ1) is 16.2. The van der Waals surface area contributed by atoms with E-state index in [1.54, 1.807) is 35.3 Å². The van der Waals surface area contributed by atoms with E-state index in [4.69, 9.17) is 4.98 Å². The second-order valence-electron chi connectivity index (χ2n) is 8.30. The van der Waals surface area contributed by atoms with Gasteiger partial charge in [-0.3, -0.25) is 9.78 Å². The molecule has 166 valence electrons. The highest BCUT2D eigenvalue weighted by molar-refractivity contribution is 5.94. The fourth-order valence-electron chi connectivity index (χ4n) is 4.27. The minimum Gasteiger partial charge on any atom is -0.338 e. The van der Waals surface area contributed by atoms with Crippen molar-refractivity contribution >= 4 is 5.91 Å². The van der Waals surface area contributed by atoms with Gasteiger partial charge in [0.1, 0.15) is 5.82 Å². The molecular weight excluding hydrogens is 417 g/mol. The quantitative estimate of drug-likeness (QED) is 0.460. The van der Waals surface area contributed by atoms with Crippen molar-refractivity contribution in [3.05, 3.63) is 108 Å². The largest absolute Gasteiger partial charge is 0.338 e. The van der Waals surface area contributed by atoms with Gasteiger partial charge in [-0.1, -0.05) is 18.2 Å². The molecule has 1 saturated heterocycles. The predicted molar refractivity (Wildman–Crippen MR) is 123 cm³/mol. The normalized spacial score (nSPS) is 16.0. The number of benzene rings is 1. The molecule has 4 aromatic rings. The molecular formula is C26H24FN5O. The van der Waals surface area contributed by atoms with Crippen molar-refractivity contribution in [2.75, 3.05) is 13.1 Å². The Morgan fingerprint density at radius 2 is 1.94 bits per heavy atom. The van der Waals surface area contributed by atoms with Gasteiger partial charge in [-0.15, -0.1) is 0 Å². The Kier molecular flexibility index (Phi) is 5.93. The van der Waals surface area contributed by atoms with E-state index in [-0.39, 0.29) is 17.6 Å². The van der Waals surface area contributed by atoms with Crippen LogP contribution < -0.4 is 0 Å². The average molecular weight is 442 g/mol. The van der Waals surface area contributed by atoms with Gasteiger partial charge in [0.05, 0.1) is 5.56 Å². The van der Waals surface area contributed by atoms with Gasteiger partial charge in [0.15, 0.2) is 5.82 Å². The summed E-state index contributed by atoms with van der Waals surface area (Å²) in [5, 5.41) is 4.17. The fraction of sp³-hybridized carbons (Fsp3) is 0.231. The highest BCUT2D eigenvalue weighted by Gasteiger charge is 2.26. The van der Waals surface area contributed by atoms with E-state index in [1.807, 2.05) is 41.4 Å². The van der Waals surface area contributed by atoms with Gasteiger partial charge in [0.25, 0.3) is 5.91 Å². The average Bonchev–Trinajstić information content (AvgIpc) is 3.41. The summed E-state index contributed by atoms with van der Waals surface area (Å²) >= 11 is 0. The highest BCUT2D eigenvalue weighted by Crippen LogP contribution is 2.27. The number of carbonyl (C=O) groups excluding carboxylic acids is 1. The number of amides is 1. The minimum atomic E-state index is -0.237. The molecule has 1 aliphatic heterocycles. The Morgan fingerprint density at radius 1 is 1.06 bits per heavy atom. The van der Waals surface area contributed by atoms with Crippen LogP contribution in [0.3, 0.4) is 0 Å². The van der Waals surface area contributed by atoms with E-state index in [0.717, 1.165) is 36.3 Å². The number of pyridine rings is 2. The Hall–Kier alpha value is -3.87. The van der Waals surface area contributed by atoms with E-state index < -0.39 is 0 Å². The fourth-order valence-corrected chi connectivity index (χ4v) is 4.27. The zero-order chi connectivity index (χ0) is 22.6. The van der Waals surface area contributed by atoms with Gasteiger partial charge in [0, 0.05) is 55.4 Å². The van der Waals surface area contributed by atoms with Crippen LogP contribution in [0.15, 0.2) is 79.3 Å². The number of piperidine rings is 1. The van der Waals surface area contributed by atoms with E-state index in [9.17, 15) is 9.18 Å². The number of hydrogen-bond acceptors (Lipinski definition) is 4. The van der Waals surface area contributed by atoms with Crippen molar-refractivity contribution in [1.29, 1.82) is 0 Å². The number of hydrogen-bond donors (Lipinski definition) is 0. The van der Waals surface area contributed by atoms with Crippen LogP contribution in [0.25, 0.3) is 5.82 Å². The van der Waals surface area contributed by atoms with Crippen LogP contribution in [0.5, 0.6) is 0 Å². The maximum atomic E-state index is 13.2. The number of halogens is 1. The van der Waals surface area contributed by atoms with Crippen molar-refractivity contribution in [3.8, 4) is 5.82 Å². The lowest BCUT2D eigenvalue weighted by atomic mass is 9.93. The van der Waals surface area contributed by atoms with Crippen molar-refractivity contribution in [3.63, 3.8) is 0 Å². The SMILES string of the molecule is O=C(c1ccc(-n2cccn2)nc1)N1CCCC(c2cccc(Cc3ccc(F)cc3)n2)C1. The summed E-state index contributed by atoms with van der Waals surface area (Å²) in [7, 11) is 0. The Bertz CT molecular complexity index is 1220. The molecule has 7 heteroatoms. The van der Waals surface area contributed by atoms with Gasteiger partial charge in [-0.2, -0.15) is 5.10 Å². The van der Waals surface area contributed by atoms with Crippen LogP contribution in [0.4, 0.5) is 4.39 Å². The van der Waals surface area contributed by atoms with Gasteiger partial charge in [-0.05, 0) is 60.9 Å². The Morgan fingerprint density at radius 3 is 2.70 bits per heavy atom. The van der Waals surface area contributed by atoms with Gasteiger partial charge in [0.2, 0.25) is 0 Å². The number of aromatic nitrogens is 4. The molecule has 1 atom stereocenters. The molecule has 4 heterocycles. The molecule has 0 radical (unpaired) electrons. The lowest BCUT2D eigenvalue weighted by Gasteiger charge is -2.32. The summed E-state index contributed by atoms with van der Waals surface area (Å²) in [6.45, 7) is 1.36. The first-order valence-corrected chi connectivity index (χ1v) is 11.1. The third-order valence-corrected chi connectivity index (χ3v) is 5.99. The molecule has 0 aliphatic carbocycles. The maximum Gasteiger partial charge on any atom is 0.255 e. The van der Waals surface area contributed by atoms with Crippen molar-refractivity contribution in [2.24, 2.45) is 0 Å². The summed E-state index contributed by atoms with van der Waals surface area (Å²) in [6.07, 6.45) is 7.70. The van der Waals surface area contributed by atoms with Crippen molar-refractivity contribution in [1.82, 2.24) is 24.6 Å². The zero-order valence-electron chi connectivity index (χ0n) is 18.1. The molecule has 0 saturated carbocycles. The van der Waals surface area contributed by atoms with Crippen LogP contribution in [0.2, 0.25) is 0 Å². The second kappa shape index (κ2) is 9.32. The lowest BCUT2D eigenvalue weighted by Crippen LogP contribution is -2.39. The predicted octanol–water partition coefficient (Wildman–Crippen LogP) is 4.41. The smallest absolute Gasteiger partial charge is 0.255 e. The Balaban J connectivity index is 1.27. The summed E-state index contributed by atoms with van der Waals surface area (Å²) < 4.78 is 14.8. The molecule has 1 aliphatic rings. The number of rotatable bonds is 5. The third kappa shape index (κ3) is 4.82. The van der Waals surface area contributed by atoms with Crippen LogP contribution in [0.1, 0.15) is 46.1 Å². The van der Waals surface area contributed by atoms with Gasteiger partial charge in [-0.25, -0.2) is 14.1 Å². The van der Waals surface area contributed by atoms with Crippen molar-refractivity contribution < 1.29 is 9.18 Å². The first kappa shape index (κ1) is 21.0. The minimum absolute atomic E-state index is 0.0123. The number of nitrogens with zero attached hydrogens (tertiary/aromatic N) is 5. The monoisotopic (exact) mass is 441 g/mol. The van der Waals surface area contributed by atoms with E-state index in [2.05, 4.69) is 10.1 Å². The summed E-state index contributed by atoms with van der Waals surface area (Å²) in [5.74, 6) is 0.614. The molecule has 0 spiro atoms. The topological polar surface area (TPSA) is 63.9 Å². The van der Waals surface area contributed by atoms with Crippen LogP contribution in [0, 0.1) is 5.82 Å².